The van der Waals surface area contributed by atoms with E-state index in [0.29, 0.717) is 12.4 Å². The zero-order valence-electron chi connectivity index (χ0n) is 10.2. The fraction of sp³-hybridized carbons (Fsp3) is 0.250. The predicted molar refractivity (Wildman–Crippen MR) is 66.5 cm³/mol. The van der Waals surface area contributed by atoms with Crippen LogP contribution in [0.5, 0.6) is 0 Å². The molecule has 0 radical (unpaired) electrons. The smallest absolute Gasteiger partial charge is 0.335 e. The second-order valence-electron chi connectivity index (χ2n) is 4.09. The van der Waals surface area contributed by atoms with Crippen molar-refractivity contribution >= 4 is 11.8 Å². The molecule has 2 aromatic heterocycles. The molecular weight excluding hydrogens is 232 g/mol. The quantitative estimate of drug-likeness (QED) is 0.876. The van der Waals surface area contributed by atoms with E-state index >= 15 is 0 Å². The molecular formula is C12H14N4O2. The van der Waals surface area contributed by atoms with E-state index in [0.717, 1.165) is 5.56 Å². The Balaban J connectivity index is 2.15. The predicted octanol–water partition coefficient (Wildman–Crippen LogP) is 1.15. The Bertz CT molecular complexity index is 565. The molecule has 18 heavy (non-hydrogen) atoms. The van der Waals surface area contributed by atoms with Crippen molar-refractivity contribution in [3.63, 3.8) is 0 Å². The first kappa shape index (κ1) is 12.1. The molecule has 2 rings (SSSR count). The largest absolute Gasteiger partial charge is 0.478 e. The van der Waals surface area contributed by atoms with E-state index < -0.39 is 5.97 Å². The summed E-state index contributed by atoms with van der Waals surface area (Å²) in [5.74, 6) is -0.327. The minimum absolute atomic E-state index is 0.234. The number of rotatable bonds is 4. The first-order valence-corrected chi connectivity index (χ1v) is 5.44. The lowest BCUT2D eigenvalue weighted by molar-refractivity contribution is 0.0697. The molecule has 2 aromatic rings. The van der Waals surface area contributed by atoms with Crippen molar-refractivity contribution in [2.24, 2.45) is 7.05 Å². The fourth-order valence-corrected chi connectivity index (χ4v) is 1.67. The van der Waals surface area contributed by atoms with Crippen molar-refractivity contribution < 1.29 is 9.90 Å². The van der Waals surface area contributed by atoms with E-state index in [2.05, 4.69) is 10.1 Å². The van der Waals surface area contributed by atoms with E-state index in [1.54, 1.807) is 16.9 Å². The lowest BCUT2D eigenvalue weighted by Crippen LogP contribution is -2.17. The van der Waals surface area contributed by atoms with Gasteiger partial charge in [0.1, 0.15) is 5.82 Å². The van der Waals surface area contributed by atoms with Crippen LogP contribution in [0.3, 0.4) is 0 Å². The van der Waals surface area contributed by atoms with Crippen LogP contribution in [0.15, 0.2) is 30.7 Å². The van der Waals surface area contributed by atoms with Gasteiger partial charge < -0.3 is 10.0 Å². The molecule has 0 saturated heterocycles. The second kappa shape index (κ2) is 4.87. The first-order chi connectivity index (χ1) is 8.56. The van der Waals surface area contributed by atoms with Crippen molar-refractivity contribution in [2.75, 3.05) is 11.9 Å². The number of carboxylic acid groups (broad SMARTS) is 1. The number of aromatic nitrogens is 3. The van der Waals surface area contributed by atoms with Crippen LogP contribution in [-0.4, -0.2) is 32.9 Å². The SMILES string of the molecule is CN(Cc1cnn(C)c1)c1cc(C(=O)O)ccn1. The Kier molecular flexibility index (Phi) is 3.27. The van der Waals surface area contributed by atoms with Gasteiger partial charge in [-0.25, -0.2) is 9.78 Å². The van der Waals surface area contributed by atoms with Crippen LogP contribution >= 0.6 is 0 Å². The maximum atomic E-state index is 10.9. The van der Waals surface area contributed by atoms with Gasteiger partial charge in [-0.05, 0) is 12.1 Å². The average molecular weight is 246 g/mol. The summed E-state index contributed by atoms with van der Waals surface area (Å²) in [5.41, 5.74) is 1.28. The monoisotopic (exact) mass is 246 g/mol. The normalized spacial score (nSPS) is 10.3. The number of hydrogen-bond acceptors (Lipinski definition) is 4. The van der Waals surface area contributed by atoms with Gasteiger partial charge in [-0.3, -0.25) is 4.68 Å². The summed E-state index contributed by atoms with van der Waals surface area (Å²) in [5, 5.41) is 13.0. The molecule has 6 heteroatoms. The van der Waals surface area contributed by atoms with Gasteiger partial charge in [-0.15, -0.1) is 0 Å². The van der Waals surface area contributed by atoms with Crippen molar-refractivity contribution in [3.05, 3.63) is 41.9 Å². The standard InChI is InChI=1S/C12H14N4O2/c1-15(7-9-6-14-16(2)8-9)11-5-10(12(17)18)3-4-13-11/h3-6,8H,7H2,1-2H3,(H,17,18). The van der Waals surface area contributed by atoms with Crippen LogP contribution in [0, 0.1) is 0 Å². The Morgan fingerprint density at radius 2 is 2.33 bits per heavy atom. The third kappa shape index (κ3) is 2.65. The molecule has 2 heterocycles. The Hall–Kier alpha value is -2.37. The van der Waals surface area contributed by atoms with Crippen molar-refractivity contribution in [1.29, 1.82) is 0 Å². The van der Waals surface area contributed by atoms with Gasteiger partial charge >= 0.3 is 5.97 Å². The van der Waals surface area contributed by atoms with Crippen molar-refractivity contribution in [3.8, 4) is 0 Å². The molecule has 1 N–H and O–H groups in total. The highest BCUT2D eigenvalue weighted by atomic mass is 16.4. The number of pyridine rings is 1. The summed E-state index contributed by atoms with van der Waals surface area (Å²) in [6, 6.07) is 3.03. The van der Waals surface area contributed by atoms with Gasteiger partial charge in [0, 0.05) is 38.6 Å². The molecule has 0 bridgehead atoms. The lowest BCUT2D eigenvalue weighted by Gasteiger charge is -2.17. The topological polar surface area (TPSA) is 71.2 Å². The van der Waals surface area contributed by atoms with E-state index in [4.69, 9.17) is 5.11 Å². The summed E-state index contributed by atoms with van der Waals surface area (Å²) < 4.78 is 1.73. The van der Waals surface area contributed by atoms with E-state index in [-0.39, 0.29) is 5.56 Å². The van der Waals surface area contributed by atoms with Crippen molar-refractivity contribution in [2.45, 2.75) is 6.54 Å². The van der Waals surface area contributed by atoms with E-state index in [9.17, 15) is 4.79 Å². The highest BCUT2D eigenvalue weighted by Gasteiger charge is 2.08. The van der Waals surface area contributed by atoms with Gasteiger partial charge in [0.2, 0.25) is 0 Å². The van der Waals surface area contributed by atoms with E-state index in [1.807, 2.05) is 25.2 Å². The van der Waals surface area contributed by atoms with Crippen LogP contribution < -0.4 is 4.90 Å². The molecule has 0 spiro atoms. The maximum absolute atomic E-state index is 10.9. The number of hydrogen-bond donors (Lipinski definition) is 1. The third-order valence-corrected chi connectivity index (χ3v) is 2.56. The molecule has 6 nitrogen and oxygen atoms in total. The zero-order chi connectivity index (χ0) is 13.1. The van der Waals surface area contributed by atoms with Crippen LogP contribution in [0.25, 0.3) is 0 Å². The second-order valence-corrected chi connectivity index (χ2v) is 4.09. The number of carbonyl (C=O) groups is 1. The maximum Gasteiger partial charge on any atom is 0.335 e. The number of aromatic carboxylic acids is 1. The number of aryl methyl sites for hydroxylation is 1. The van der Waals surface area contributed by atoms with E-state index in [1.165, 1.54) is 12.3 Å². The Labute approximate surface area is 104 Å². The lowest BCUT2D eigenvalue weighted by atomic mass is 10.2. The molecule has 0 saturated carbocycles. The number of carboxylic acids is 1. The summed E-state index contributed by atoms with van der Waals surface area (Å²) in [6.45, 7) is 0.629. The first-order valence-electron chi connectivity index (χ1n) is 5.44. The molecule has 0 aliphatic rings. The average Bonchev–Trinajstić information content (AvgIpc) is 2.75. The molecule has 94 valence electrons. The molecule has 0 unspecified atom stereocenters. The third-order valence-electron chi connectivity index (χ3n) is 2.56. The Morgan fingerprint density at radius 3 is 2.94 bits per heavy atom. The van der Waals surface area contributed by atoms with Crippen LogP contribution in [0.2, 0.25) is 0 Å². The van der Waals surface area contributed by atoms with Gasteiger partial charge in [0.05, 0.1) is 11.8 Å². The van der Waals surface area contributed by atoms with Crippen LogP contribution in [0.1, 0.15) is 15.9 Å². The van der Waals surface area contributed by atoms with Crippen molar-refractivity contribution in [1.82, 2.24) is 14.8 Å². The molecule has 0 aliphatic heterocycles. The molecule has 0 aliphatic carbocycles. The van der Waals surface area contributed by atoms with Crippen LogP contribution in [0.4, 0.5) is 5.82 Å². The summed E-state index contributed by atoms with van der Waals surface area (Å²) >= 11 is 0. The number of anilines is 1. The van der Waals surface area contributed by atoms with Gasteiger partial charge in [0.25, 0.3) is 0 Å². The minimum atomic E-state index is -0.951. The zero-order valence-corrected chi connectivity index (χ0v) is 10.2. The highest BCUT2D eigenvalue weighted by Crippen LogP contribution is 2.13. The molecule has 0 atom stereocenters. The highest BCUT2D eigenvalue weighted by molar-refractivity contribution is 5.88. The van der Waals surface area contributed by atoms with Gasteiger partial charge in [-0.1, -0.05) is 0 Å². The number of nitrogens with zero attached hydrogens (tertiary/aromatic N) is 4. The molecule has 0 aromatic carbocycles. The summed E-state index contributed by atoms with van der Waals surface area (Å²) in [7, 11) is 3.72. The molecule has 0 amide bonds. The minimum Gasteiger partial charge on any atom is -0.478 e. The van der Waals surface area contributed by atoms with Gasteiger partial charge in [-0.2, -0.15) is 5.10 Å². The van der Waals surface area contributed by atoms with Crippen LogP contribution in [-0.2, 0) is 13.6 Å². The molecule has 0 fully saturated rings. The summed E-state index contributed by atoms with van der Waals surface area (Å²) in [4.78, 5) is 16.9. The fourth-order valence-electron chi connectivity index (χ4n) is 1.67. The van der Waals surface area contributed by atoms with Gasteiger partial charge in [0.15, 0.2) is 0 Å². The Morgan fingerprint density at radius 1 is 1.56 bits per heavy atom. The summed E-state index contributed by atoms with van der Waals surface area (Å²) in [6.07, 6.45) is 5.19.